The second-order valence-corrected chi connectivity index (χ2v) is 4.41. The Morgan fingerprint density at radius 3 is 2.31 bits per heavy atom. The van der Waals surface area contributed by atoms with Crippen molar-refractivity contribution >= 4 is 17.4 Å². The van der Waals surface area contributed by atoms with Crippen LogP contribution in [0.5, 0.6) is 0 Å². The SMILES string of the molecule is CCCCN(CCCC)c1ncccc1Cl. The number of hydrogen-bond donors (Lipinski definition) is 0. The van der Waals surface area contributed by atoms with E-state index in [1.54, 1.807) is 0 Å². The molecule has 90 valence electrons. The Balaban J connectivity index is 2.70. The van der Waals surface area contributed by atoms with Crippen molar-refractivity contribution in [2.75, 3.05) is 18.0 Å². The highest BCUT2D eigenvalue weighted by Crippen LogP contribution is 2.22. The standard InChI is InChI=1S/C13H21ClN2/c1-3-5-10-16(11-6-4-2)13-12(14)8-7-9-15-13/h7-9H,3-6,10-11H2,1-2H3. The van der Waals surface area contributed by atoms with Crippen LogP contribution in [0.15, 0.2) is 18.3 Å². The first-order chi connectivity index (χ1) is 7.79. The highest BCUT2D eigenvalue weighted by molar-refractivity contribution is 6.32. The van der Waals surface area contributed by atoms with Gasteiger partial charge in [-0.2, -0.15) is 0 Å². The van der Waals surface area contributed by atoms with Crippen LogP contribution in [-0.2, 0) is 0 Å². The fourth-order valence-electron chi connectivity index (χ4n) is 1.63. The highest BCUT2D eigenvalue weighted by atomic mass is 35.5. The zero-order valence-electron chi connectivity index (χ0n) is 10.2. The van der Waals surface area contributed by atoms with Gasteiger partial charge in [-0.15, -0.1) is 0 Å². The quantitative estimate of drug-likeness (QED) is 0.712. The first kappa shape index (κ1) is 13.3. The molecule has 0 amide bonds. The van der Waals surface area contributed by atoms with E-state index in [4.69, 9.17) is 11.6 Å². The third-order valence-corrected chi connectivity index (χ3v) is 2.90. The summed E-state index contributed by atoms with van der Waals surface area (Å²) in [5.74, 6) is 0.936. The topological polar surface area (TPSA) is 16.1 Å². The van der Waals surface area contributed by atoms with Crippen LogP contribution in [0.3, 0.4) is 0 Å². The fourth-order valence-corrected chi connectivity index (χ4v) is 1.87. The molecule has 1 heterocycles. The molecular weight excluding hydrogens is 220 g/mol. The van der Waals surface area contributed by atoms with Crippen molar-refractivity contribution < 1.29 is 0 Å². The molecule has 0 fully saturated rings. The van der Waals surface area contributed by atoms with Crippen molar-refractivity contribution in [2.45, 2.75) is 39.5 Å². The second kappa shape index (κ2) is 7.50. The molecule has 0 aromatic carbocycles. The van der Waals surface area contributed by atoms with Gasteiger partial charge in [0.1, 0.15) is 5.82 Å². The molecule has 0 unspecified atom stereocenters. The van der Waals surface area contributed by atoms with Gasteiger partial charge in [0.15, 0.2) is 0 Å². The summed E-state index contributed by atoms with van der Waals surface area (Å²) in [6, 6.07) is 3.79. The van der Waals surface area contributed by atoms with Crippen molar-refractivity contribution in [3.05, 3.63) is 23.4 Å². The van der Waals surface area contributed by atoms with Gasteiger partial charge in [-0.05, 0) is 25.0 Å². The van der Waals surface area contributed by atoms with E-state index in [1.165, 1.54) is 25.7 Å². The Bertz CT molecular complexity index is 294. The lowest BCUT2D eigenvalue weighted by Gasteiger charge is -2.24. The van der Waals surface area contributed by atoms with Gasteiger partial charge in [0, 0.05) is 19.3 Å². The summed E-state index contributed by atoms with van der Waals surface area (Å²) < 4.78 is 0. The Labute approximate surface area is 104 Å². The molecule has 0 radical (unpaired) electrons. The number of rotatable bonds is 7. The van der Waals surface area contributed by atoms with E-state index in [1.807, 2.05) is 18.3 Å². The minimum absolute atomic E-state index is 0.759. The number of pyridine rings is 1. The molecule has 3 heteroatoms. The van der Waals surface area contributed by atoms with Gasteiger partial charge in [-0.25, -0.2) is 4.98 Å². The van der Waals surface area contributed by atoms with Gasteiger partial charge in [-0.1, -0.05) is 38.3 Å². The normalized spacial score (nSPS) is 10.4. The maximum atomic E-state index is 6.17. The molecule has 1 rings (SSSR count). The van der Waals surface area contributed by atoms with Crippen LogP contribution in [-0.4, -0.2) is 18.1 Å². The second-order valence-electron chi connectivity index (χ2n) is 4.00. The van der Waals surface area contributed by atoms with Crippen molar-refractivity contribution in [3.8, 4) is 0 Å². The summed E-state index contributed by atoms with van der Waals surface area (Å²) in [4.78, 5) is 6.68. The summed E-state index contributed by atoms with van der Waals surface area (Å²) in [6.07, 6.45) is 6.60. The average molecular weight is 241 g/mol. The molecule has 0 aliphatic carbocycles. The minimum atomic E-state index is 0.759. The van der Waals surface area contributed by atoms with Crippen LogP contribution in [0.2, 0.25) is 5.02 Å². The zero-order valence-corrected chi connectivity index (χ0v) is 11.0. The predicted molar refractivity (Wildman–Crippen MR) is 71.3 cm³/mol. The van der Waals surface area contributed by atoms with E-state index in [0.717, 1.165) is 23.9 Å². The molecule has 0 spiro atoms. The number of hydrogen-bond acceptors (Lipinski definition) is 2. The maximum absolute atomic E-state index is 6.17. The molecule has 0 aliphatic rings. The molecule has 1 aromatic heterocycles. The van der Waals surface area contributed by atoms with Crippen molar-refractivity contribution in [2.24, 2.45) is 0 Å². The van der Waals surface area contributed by atoms with Crippen LogP contribution in [0.25, 0.3) is 0 Å². The zero-order chi connectivity index (χ0) is 11.8. The number of halogens is 1. The number of unbranched alkanes of at least 4 members (excludes halogenated alkanes) is 2. The largest absolute Gasteiger partial charge is 0.355 e. The number of anilines is 1. The van der Waals surface area contributed by atoms with E-state index in [-0.39, 0.29) is 0 Å². The van der Waals surface area contributed by atoms with Crippen LogP contribution >= 0.6 is 11.6 Å². The predicted octanol–water partition coefficient (Wildman–Crippen LogP) is 4.14. The number of nitrogens with zero attached hydrogens (tertiary/aromatic N) is 2. The first-order valence-corrected chi connectivity index (χ1v) is 6.52. The van der Waals surface area contributed by atoms with Crippen LogP contribution in [0, 0.1) is 0 Å². The van der Waals surface area contributed by atoms with Crippen molar-refractivity contribution in [1.82, 2.24) is 4.98 Å². The first-order valence-electron chi connectivity index (χ1n) is 6.15. The van der Waals surface area contributed by atoms with Gasteiger partial charge in [-0.3, -0.25) is 0 Å². The van der Waals surface area contributed by atoms with E-state index >= 15 is 0 Å². The van der Waals surface area contributed by atoms with E-state index < -0.39 is 0 Å². The molecule has 0 aliphatic heterocycles. The van der Waals surface area contributed by atoms with Gasteiger partial charge in [0.05, 0.1) is 5.02 Å². The van der Waals surface area contributed by atoms with Crippen LogP contribution in [0.1, 0.15) is 39.5 Å². The Hall–Kier alpha value is -0.760. The summed E-state index contributed by atoms with van der Waals surface area (Å²) in [5, 5.41) is 0.759. The van der Waals surface area contributed by atoms with Crippen LogP contribution in [0.4, 0.5) is 5.82 Å². The summed E-state index contributed by atoms with van der Waals surface area (Å²) >= 11 is 6.17. The van der Waals surface area contributed by atoms with Gasteiger partial charge in [0.2, 0.25) is 0 Å². The van der Waals surface area contributed by atoms with E-state index in [0.29, 0.717) is 0 Å². The Kier molecular flexibility index (Phi) is 6.24. The molecule has 2 nitrogen and oxygen atoms in total. The molecule has 0 saturated heterocycles. The lowest BCUT2D eigenvalue weighted by molar-refractivity contribution is 0.671. The van der Waals surface area contributed by atoms with Crippen molar-refractivity contribution in [1.29, 1.82) is 0 Å². The molecular formula is C13H21ClN2. The molecule has 0 atom stereocenters. The Morgan fingerprint density at radius 1 is 1.19 bits per heavy atom. The smallest absolute Gasteiger partial charge is 0.147 e. The maximum Gasteiger partial charge on any atom is 0.147 e. The third kappa shape index (κ3) is 4.01. The number of aromatic nitrogens is 1. The van der Waals surface area contributed by atoms with Gasteiger partial charge >= 0.3 is 0 Å². The molecule has 1 aromatic rings. The molecule has 16 heavy (non-hydrogen) atoms. The van der Waals surface area contributed by atoms with Crippen LogP contribution < -0.4 is 4.90 Å². The molecule has 0 saturated carbocycles. The monoisotopic (exact) mass is 240 g/mol. The molecule has 0 N–H and O–H groups in total. The average Bonchev–Trinajstić information content (AvgIpc) is 2.31. The fraction of sp³-hybridized carbons (Fsp3) is 0.615. The highest BCUT2D eigenvalue weighted by Gasteiger charge is 2.09. The van der Waals surface area contributed by atoms with Crippen molar-refractivity contribution in [3.63, 3.8) is 0 Å². The third-order valence-electron chi connectivity index (χ3n) is 2.60. The van der Waals surface area contributed by atoms with E-state index in [2.05, 4.69) is 23.7 Å². The molecule has 0 bridgehead atoms. The van der Waals surface area contributed by atoms with Gasteiger partial charge in [0.25, 0.3) is 0 Å². The summed E-state index contributed by atoms with van der Waals surface area (Å²) in [6.45, 7) is 6.51. The van der Waals surface area contributed by atoms with Gasteiger partial charge < -0.3 is 4.90 Å². The summed E-state index contributed by atoms with van der Waals surface area (Å²) in [7, 11) is 0. The Morgan fingerprint density at radius 2 is 1.81 bits per heavy atom. The van der Waals surface area contributed by atoms with E-state index in [9.17, 15) is 0 Å². The summed E-state index contributed by atoms with van der Waals surface area (Å²) in [5.41, 5.74) is 0. The lowest BCUT2D eigenvalue weighted by atomic mass is 10.2. The lowest BCUT2D eigenvalue weighted by Crippen LogP contribution is -2.26. The minimum Gasteiger partial charge on any atom is -0.355 e.